The molecule has 0 spiro atoms. The van der Waals surface area contributed by atoms with Gasteiger partial charge in [-0.1, -0.05) is 5.16 Å². The summed E-state index contributed by atoms with van der Waals surface area (Å²) in [5, 5.41) is 6.86. The minimum absolute atomic E-state index is 0.105. The van der Waals surface area contributed by atoms with E-state index < -0.39 is 0 Å². The number of carbonyl (C=O) groups is 1. The van der Waals surface area contributed by atoms with Gasteiger partial charge in [0, 0.05) is 19.9 Å². The number of hydrogen-bond donors (Lipinski definition) is 1. The number of likely N-dealkylation sites (tertiary alicyclic amines) is 1. The molecule has 1 unspecified atom stereocenters. The van der Waals surface area contributed by atoms with Gasteiger partial charge in [0.25, 0.3) is 0 Å². The Morgan fingerprint density at radius 1 is 1.37 bits per heavy atom. The molecular weight excluding hydrogens is 244 g/mol. The van der Waals surface area contributed by atoms with Gasteiger partial charge in [-0.05, 0) is 38.3 Å². The minimum atomic E-state index is 0.105. The van der Waals surface area contributed by atoms with Gasteiger partial charge in [0.2, 0.25) is 11.8 Å². The average molecular weight is 264 g/mol. The van der Waals surface area contributed by atoms with Gasteiger partial charge in [-0.25, -0.2) is 0 Å². The zero-order valence-electron chi connectivity index (χ0n) is 11.3. The minimum Gasteiger partial charge on any atom is -0.355 e. The molecule has 1 aromatic heterocycles. The third-order valence-corrected chi connectivity index (χ3v) is 4.15. The van der Waals surface area contributed by atoms with Gasteiger partial charge in [0.15, 0.2) is 5.82 Å². The van der Waals surface area contributed by atoms with Crippen LogP contribution in [0, 0.1) is 12.8 Å². The van der Waals surface area contributed by atoms with Crippen molar-refractivity contribution in [1.29, 1.82) is 0 Å². The molecule has 0 saturated carbocycles. The molecule has 1 atom stereocenters. The number of aromatic nitrogens is 2. The lowest BCUT2D eigenvalue weighted by molar-refractivity contribution is -0.124. The molecule has 2 fully saturated rings. The van der Waals surface area contributed by atoms with E-state index in [-0.39, 0.29) is 11.9 Å². The number of hydrogen-bond acceptors (Lipinski definition) is 5. The van der Waals surface area contributed by atoms with Crippen molar-refractivity contribution in [3.8, 4) is 0 Å². The molecular formula is C13H20N4O2. The first-order valence-corrected chi connectivity index (χ1v) is 7.03. The first-order valence-electron chi connectivity index (χ1n) is 7.03. The Hall–Kier alpha value is -1.43. The second-order valence-electron chi connectivity index (χ2n) is 5.51. The molecule has 0 bridgehead atoms. The standard InChI is InChI=1S/C13H20N4O2/c1-9-15-12(16-19-9)8-10-3-6-17(7-4-10)11-2-5-14-13(11)18/h10-11H,2-8H2,1H3,(H,14,18). The van der Waals surface area contributed by atoms with Gasteiger partial charge in [0.1, 0.15) is 0 Å². The molecule has 19 heavy (non-hydrogen) atoms. The number of nitrogens with zero attached hydrogens (tertiary/aromatic N) is 3. The molecule has 3 heterocycles. The second kappa shape index (κ2) is 5.28. The van der Waals surface area contributed by atoms with Gasteiger partial charge in [-0.3, -0.25) is 9.69 Å². The van der Waals surface area contributed by atoms with E-state index >= 15 is 0 Å². The molecule has 2 aliphatic rings. The van der Waals surface area contributed by atoms with E-state index in [0.29, 0.717) is 11.8 Å². The fourth-order valence-corrected chi connectivity index (χ4v) is 3.08. The average Bonchev–Trinajstić information content (AvgIpc) is 3.00. The highest BCUT2D eigenvalue weighted by atomic mass is 16.5. The Bertz CT molecular complexity index is 451. The number of nitrogens with one attached hydrogen (secondary N) is 1. The Balaban J connectivity index is 1.50. The number of rotatable bonds is 3. The Labute approximate surface area is 112 Å². The van der Waals surface area contributed by atoms with Gasteiger partial charge in [-0.2, -0.15) is 4.98 Å². The predicted molar refractivity (Wildman–Crippen MR) is 68.5 cm³/mol. The van der Waals surface area contributed by atoms with E-state index in [4.69, 9.17) is 4.52 Å². The third-order valence-electron chi connectivity index (χ3n) is 4.15. The first kappa shape index (κ1) is 12.6. The monoisotopic (exact) mass is 264 g/mol. The van der Waals surface area contributed by atoms with Crippen molar-refractivity contribution in [2.75, 3.05) is 19.6 Å². The van der Waals surface area contributed by atoms with Gasteiger partial charge < -0.3 is 9.84 Å². The molecule has 3 rings (SSSR count). The fourth-order valence-electron chi connectivity index (χ4n) is 3.08. The van der Waals surface area contributed by atoms with Crippen molar-refractivity contribution in [2.45, 2.75) is 38.6 Å². The molecule has 1 N–H and O–H groups in total. The normalized spacial score (nSPS) is 25.7. The summed E-state index contributed by atoms with van der Waals surface area (Å²) in [4.78, 5) is 18.2. The van der Waals surface area contributed by atoms with Crippen LogP contribution in [-0.2, 0) is 11.2 Å². The molecule has 6 nitrogen and oxygen atoms in total. The van der Waals surface area contributed by atoms with E-state index in [0.717, 1.165) is 51.1 Å². The summed E-state index contributed by atoms with van der Waals surface area (Å²) in [7, 11) is 0. The summed E-state index contributed by atoms with van der Waals surface area (Å²) < 4.78 is 5.00. The molecule has 6 heteroatoms. The maximum absolute atomic E-state index is 11.7. The molecule has 0 aromatic carbocycles. The molecule has 0 radical (unpaired) electrons. The summed E-state index contributed by atoms with van der Waals surface area (Å²) in [6.45, 7) is 4.64. The van der Waals surface area contributed by atoms with Crippen LogP contribution in [0.3, 0.4) is 0 Å². The highest BCUT2D eigenvalue weighted by Crippen LogP contribution is 2.23. The highest BCUT2D eigenvalue weighted by Gasteiger charge is 2.32. The van der Waals surface area contributed by atoms with Gasteiger partial charge in [0.05, 0.1) is 6.04 Å². The third kappa shape index (κ3) is 2.78. The summed E-state index contributed by atoms with van der Waals surface area (Å²) >= 11 is 0. The highest BCUT2D eigenvalue weighted by molar-refractivity contribution is 5.83. The Morgan fingerprint density at radius 3 is 2.74 bits per heavy atom. The topological polar surface area (TPSA) is 71.3 Å². The lowest BCUT2D eigenvalue weighted by atomic mass is 9.92. The maximum Gasteiger partial charge on any atom is 0.237 e. The zero-order chi connectivity index (χ0) is 13.2. The number of amides is 1. The van der Waals surface area contributed by atoms with Gasteiger partial charge in [-0.15, -0.1) is 0 Å². The molecule has 2 saturated heterocycles. The number of aryl methyl sites for hydroxylation is 1. The molecule has 2 aliphatic heterocycles. The smallest absolute Gasteiger partial charge is 0.237 e. The summed E-state index contributed by atoms with van der Waals surface area (Å²) in [5.74, 6) is 2.26. The number of piperidine rings is 1. The van der Waals surface area contributed by atoms with E-state index in [1.165, 1.54) is 0 Å². The van der Waals surface area contributed by atoms with Crippen LogP contribution in [0.25, 0.3) is 0 Å². The van der Waals surface area contributed by atoms with E-state index in [9.17, 15) is 4.79 Å². The quantitative estimate of drug-likeness (QED) is 0.862. The Kier molecular flexibility index (Phi) is 3.50. The van der Waals surface area contributed by atoms with Crippen molar-refractivity contribution < 1.29 is 9.32 Å². The van der Waals surface area contributed by atoms with Crippen LogP contribution in [0.1, 0.15) is 31.0 Å². The largest absolute Gasteiger partial charge is 0.355 e. The van der Waals surface area contributed by atoms with Crippen LogP contribution in [0.2, 0.25) is 0 Å². The fraction of sp³-hybridized carbons (Fsp3) is 0.769. The molecule has 104 valence electrons. The molecule has 1 aromatic rings. The lowest BCUT2D eigenvalue weighted by Gasteiger charge is -2.34. The van der Waals surface area contributed by atoms with Gasteiger partial charge >= 0.3 is 0 Å². The molecule has 1 amide bonds. The SMILES string of the molecule is Cc1nc(CC2CCN(C3CCNC3=O)CC2)no1. The van der Waals surface area contributed by atoms with E-state index in [2.05, 4.69) is 20.4 Å². The maximum atomic E-state index is 11.7. The van der Waals surface area contributed by atoms with Crippen molar-refractivity contribution in [1.82, 2.24) is 20.4 Å². The summed E-state index contributed by atoms with van der Waals surface area (Å²) in [6, 6.07) is 0.105. The van der Waals surface area contributed by atoms with Crippen molar-refractivity contribution in [3.05, 3.63) is 11.7 Å². The summed E-state index contributed by atoms with van der Waals surface area (Å²) in [5.41, 5.74) is 0. The van der Waals surface area contributed by atoms with Crippen molar-refractivity contribution in [3.63, 3.8) is 0 Å². The van der Waals surface area contributed by atoms with E-state index in [1.807, 2.05) is 6.92 Å². The Morgan fingerprint density at radius 2 is 2.16 bits per heavy atom. The summed E-state index contributed by atoms with van der Waals surface area (Å²) in [6.07, 6.45) is 4.06. The van der Waals surface area contributed by atoms with E-state index in [1.54, 1.807) is 0 Å². The van der Waals surface area contributed by atoms with Crippen LogP contribution < -0.4 is 5.32 Å². The molecule has 0 aliphatic carbocycles. The van der Waals surface area contributed by atoms with Crippen LogP contribution in [0.15, 0.2) is 4.52 Å². The first-order chi connectivity index (χ1) is 9.22. The van der Waals surface area contributed by atoms with Crippen LogP contribution in [0.5, 0.6) is 0 Å². The zero-order valence-corrected chi connectivity index (χ0v) is 11.3. The van der Waals surface area contributed by atoms with Crippen LogP contribution in [-0.4, -0.2) is 46.6 Å². The van der Waals surface area contributed by atoms with Crippen LogP contribution >= 0.6 is 0 Å². The number of carbonyl (C=O) groups excluding carboxylic acids is 1. The van der Waals surface area contributed by atoms with Crippen molar-refractivity contribution in [2.24, 2.45) is 5.92 Å². The second-order valence-corrected chi connectivity index (χ2v) is 5.51. The van der Waals surface area contributed by atoms with Crippen molar-refractivity contribution >= 4 is 5.91 Å². The van der Waals surface area contributed by atoms with Crippen LogP contribution in [0.4, 0.5) is 0 Å². The lowest BCUT2D eigenvalue weighted by Crippen LogP contribution is -2.45. The predicted octanol–water partition coefficient (Wildman–Crippen LogP) is 0.521.